The van der Waals surface area contributed by atoms with Gasteiger partial charge in [0.05, 0.1) is 0 Å². The van der Waals surface area contributed by atoms with Crippen LogP contribution < -0.4 is 0 Å². The highest BCUT2D eigenvalue weighted by molar-refractivity contribution is 5.06. The van der Waals surface area contributed by atoms with Gasteiger partial charge < -0.3 is 5.11 Å². The number of hydrogen-bond acceptors (Lipinski definition) is 1. The summed E-state index contributed by atoms with van der Waals surface area (Å²) >= 11 is 0. The number of aliphatic hydroxyl groups is 1. The quantitative estimate of drug-likeness (QED) is 0.565. The van der Waals surface area contributed by atoms with E-state index in [0.717, 1.165) is 0 Å². The van der Waals surface area contributed by atoms with Crippen LogP contribution in [0.5, 0.6) is 0 Å². The van der Waals surface area contributed by atoms with E-state index >= 15 is 0 Å². The van der Waals surface area contributed by atoms with Gasteiger partial charge in [0.25, 0.3) is 5.60 Å². The number of rotatable bonds is 1. The van der Waals surface area contributed by atoms with E-state index < -0.39 is 23.9 Å². The molecule has 1 aliphatic rings. The van der Waals surface area contributed by atoms with Crippen molar-refractivity contribution < 1.29 is 31.4 Å². The molecular weight excluding hydrogens is 250 g/mol. The van der Waals surface area contributed by atoms with Crippen LogP contribution >= 0.6 is 0 Å². The molecule has 0 aromatic carbocycles. The predicted octanol–water partition coefficient (Wildman–Crippen LogP) is 3.59. The molecule has 0 atom stereocenters. The van der Waals surface area contributed by atoms with Crippen LogP contribution in [-0.2, 0) is 0 Å². The van der Waals surface area contributed by atoms with Crippen molar-refractivity contribution in [1.29, 1.82) is 0 Å². The summed E-state index contributed by atoms with van der Waals surface area (Å²) in [5.41, 5.74) is -3.99. The molecule has 100 valence electrons. The highest BCUT2D eigenvalue weighted by Gasteiger charge is 2.73. The van der Waals surface area contributed by atoms with Gasteiger partial charge in [0.2, 0.25) is 0 Å². The largest absolute Gasteiger partial charge is 0.426 e. The van der Waals surface area contributed by atoms with Crippen molar-refractivity contribution in [2.45, 2.75) is 43.6 Å². The summed E-state index contributed by atoms with van der Waals surface area (Å²) in [6.45, 7) is 3.51. The second-order valence-corrected chi connectivity index (χ2v) is 4.29. The molecule has 0 unspecified atom stereocenters. The smallest absolute Gasteiger partial charge is 0.373 e. The minimum Gasteiger partial charge on any atom is -0.373 e. The first kappa shape index (κ1) is 14.3. The summed E-state index contributed by atoms with van der Waals surface area (Å²) in [5.74, 6) is -1.85. The molecule has 0 aliphatic heterocycles. The zero-order valence-electron chi connectivity index (χ0n) is 8.83. The third-order valence-electron chi connectivity index (χ3n) is 3.15. The van der Waals surface area contributed by atoms with Gasteiger partial charge in [-0.25, -0.2) is 0 Å². The van der Waals surface area contributed by atoms with E-state index in [1.807, 2.05) is 0 Å². The first-order chi connectivity index (χ1) is 7.50. The van der Waals surface area contributed by atoms with Crippen molar-refractivity contribution in [3.8, 4) is 0 Å². The maximum absolute atomic E-state index is 12.5. The number of alkyl halides is 6. The molecule has 0 saturated heterocycles. The Morgan fingerprint density at radius 2 is 1.29 bits per heavy atom. The molecule has 0 radical (unpaired) electrons. The molecule has 0 spiro atoms. The molecule has 1 N–H and O–H groups in total. The second-order valence-electron chi connectivity index (χ2n) is 4.29. The zero-order valence-corrected chi connectivity index (χ0v) is 8.83. The highest BCUT2D eigenvalue weighted by Crippen LogP contribution is 2.51. The monoisotopic (exact) mass is 262 g/mol. The van der Waals surface area contributed by atoms with Crippen molar-refractivity contribution in [2.75, 3.05) is 0 Å². The summed E-state index contributed by atoms with van der Waals surface area (Å²) in [6, 6.07) is 0. The molecule has 1 fully saturated rings. The summed E-state index contributed by atoms with van der Waals surface area (Å²) in [5, 5.41) is 9.12. The van der Waals surface area contributed by atoms with Gasteiger partial charge in [0.1, 0.15) is 0 Å². The van der Waals surface area contributed by atoms with Crippen LogP contribution in [0.3, 0.4) is 0 Å². The second kappa shape index (κ2) is 4.19. The standard InChI is InChI=1S/C10H12F6O/c1-6-2-4-7(5-3-6)8(17,9(11,12)13)10(14,15)16/h7,17H,1-5H2. The number of allylic oxidation sites excluding steroid dienone is 1. The fourth-order valence-corrected chi connectivity index (χ4v) is 2.07. The average Bonchev–Trinajstić information content (AvgIpc) is 2.14. The molecule has 0 aromatic heterocycles. The lowest BCUT2D eigenvalue weighted by atomic mass is 9.74. The summed E-state index contributed by atoms with van der Waals surface area (Å²) < 4.78 is 74.9. The van der Waals surface area contributed by atoms with Crippen molar-refractivity contribution in [3.63, 3.8) is 0 Å². The van der Waals surface area contributed by atoms with Gasteiger partial charge in [-0.2, -0.15) is 26.3 Å². The van der Waals surface area contributed by atoms with Gasteiger partial charge in [0, 0.05) is 5.92 Å². The molecule has 17 heavy (non-hydrogen) atoms. The van der Waals surface area contributed by atoms with Crippen LogP contribution in [0.15, 0.2) is 12.2 Å². The summed E-state index contributed by atoms with van der Waals surface area (Å²) in [4.78, 5) is 0. The minimum absolute atomic E-state index is 0.0825. The third kappa shape index (κ3) is 2.43. The van der Waals surface area contributed by atoms with Gasteiger partial charge in [-0.3, -0.25) is 0 Å². The molecular formula is C10H12F6O. The molecule has 1 saturated carbocycles. The van der Waals surface area contributed by atoms with Gasteiger partial charge in [-0.05, 0) is 25.7 Å². The zero-order chi connectivity index (χ0) is 13.5. The normalized spacial score (nSPS) is 20.8. The Labute approximate surface area is 94.1 Å². The van der Waals surface area contributed by atoms with Gasteiger partial charge in [0.15, 0.2) is 0 Å². The lowest BCUT2D eigenvalue weighted by Gasteiger charge is -2.40. The van der Waals surface area contributed by atoms with Crippen LogP contribution in [0.25, 0.3) is 0 Å². The van der Waals surface area contributed by atoms with E-state index in [9.17, 15) is 26.3 Å². The lowest BCUT2D eigenvalue weighted by molar-refractivity contribution is -0.386. The van der Waals surface area contributed by atoms with Crippen molar-refractivity contribution in [3.05, 3.63) is 12.2 Å². The molecule has 7 heteroatoms. The summed E-state index contributed by atoms with van der Waals surface area (Å²) in [6.07, 6.45) is -12.0. The Morgan fingerprint density at radius 3 is 1.59 bits per heavy atom. The SMILES string of the molecule is C=C1CCC(C(O)(C(F)(F)F)C(F)(F)F)CC1. The van der Waals surface area contributed by atoms with Crippen LogP contribution in [0.4, 0.5) is 26.3 Å². The first-order valence-corrected chi connectivity index (χ1v) is 5.02. The maximum atomic E-state index is 12.5. The van der Waals surface area contributed by atoms with E-state index in [4.69, 9.17) is 5.11 Å². The molecule has 0 bridgehead atoms. The Morgan fingerprint density at radius 1 is 0.941 bits per heavy atom. The summed E-state index contributed by atoms with van der Waals surface area (Å²) in [7, 11) is 0. The average molecular weight is 262 g/mol. The van der Waals surface area contributed by atoms with Gasteiger partial charge >= 0.3 is 12.4 Å². The van der Waals surface area contributed by atoms with Crippen LogP contribution in [0.2, 0.25) is 0 Å². The fourth-order valence-electron chi connectivity index (χ4n) is 2.07. The molecule has 1 rings (SSSR count). The van der Waals surface area contributed by atoms with Crippen molar-refractivity contribution in [2.24, 2.45) is 5.92 Å². The molecule has 0 aromatic rings. The topological polar surface area (TPSA) is 20.2 Å². The Bertz CT molecular complexity index is 279. The van der Waals surface area contributed by atoms with Gasteiger partial charge in [-0.15, -0.1) is 0 Å². The third-order valence-corrected chi connectivity index (χ3v) is 3.15. The maximum Gasteiger partial charge on any atom is 0.426 e. The van der Waals surface area contributed by atoms with Crippen LogP contribution in [0.1, 0.15) is 25.7 Å². The Kier molecular flexibility index (Phi) is 3.53. The van der Waals surface area contributed by atoms with Gasteiger partial charge in [-0.1, -0.05) is 12.2 Å². The van der Waals surface area contributed by atoms with E-state index in [0.29, 0.717) is 5.57 Å². The highest BCUT2D eigenvalue weighted by atomic mass is 19.4. The molecule has 1 aliphatic carbocycles. The Hall–Kier alpha value is -0.720. The van der Waals surface area contributed by atoms with E-state index in [-0.39, 0.29) is 25.7 Å². The number of hydrogen-bond donors (Lipinski definition) is 1. The molecule has 0 heterocycles. The fraction of sp³-hybridized carbons (Fsp3) is 0.800. The van der Waals surface area contributed by atoms with Crippen LogP contribution in [0, 0.1) is 5.92 Å². The minimum atomic E-state index is -5.71. The predicted molar refractivity (Wildman–Crippen MR) is 48.2 cm³/mol. The lowest BCUT2D eigenvalue weighted by Crippen LogP contribution is -2.62. The van der Waals surface area contributed by atoms with Crippen molar-refractivity contribution in [1.82, 2.24) is 0 Å². The first-order valence-electron chi connectivity index (χ1n) is 5.02. The van der Waals surface area contributed by atoms with E-state index in [1.165, 1.54) is 0 Å². The Balaban J connectivity index is 3.04. The molecule has 0 amide bonds. The van der Waals surface area contributed by atoms with E-state index in [1.54, 1.807) is 0 Å². The molecule has 1 nitrogen and oxygen atoms in total. The van der Waals surface area contributed by atoms with E-state index in [2.05, 4.69) is 6.58 Å². The van der Waals surface area contributed by atoms with Crippen LogP contribution in [-0.4, -0.2) is 23.1 Å². The number of halogens is 6. The van der Waals surface area contributed by atoms with Crippen molar-refractivity contribution >= 4 is 0 Å².